The SMILES string of the molecule is CC(C)(C(=O)NCc1ccccc1Br)n1cc(-c2ccc3c(c2)OCCO3)cn1. The van der Waals surface area contributed by atoms with Crippen LogP contribution in [0.4, 0.5) is 0 Å². The van der Waals surface area contributed by atoms with Crippen molar-refractivity contribution in [3.63, 3.8) is 0 Å². The summed E-state index contributed by atoms with van der Waals surface area (Å²) in [5, 5.41) is 7.45. The minimum absolute atomic E-state index is 0.106. The van der Waals surface area contributed by atoms with Crippen molar-refractivity contribution in [3.8, 4) is 22.6 Å². The molecule has 29 heavy (non-hydrogen) atoms. The molecule has 2 aromatic carbocycles. The molecule has 0 unspecified atom stereocenters. The Morgan fingerprint density at radius 3 is 2.69 bits per heavy atom. The van der Waals surface area contributed by atoms with E-state index >= 15 is 0 Å². The molecule has 0 bridgehead atoms. The van der Waals surface area contributed by atoms with Crippen molar-refractivity contribution in [2.24, 2.45) is 0 Å². The molecule has 1 amide bonds. The highest BCUT2D eigenvalue weighted by Crippen LogP contribution is 2.34. The lowest BCUT2D eigenvalue weighted by molar-refractivity contribution is -0.129. The molecular formula is C22H22BrN3O3. The maximum absolute atomic E-state index is 12.9. The molecule has 0 spiro atoms. The lowest BCUT2D eigenvalue weighted by atomic mass is 10.0. The Morgan fingerprint density at radius 2 is 1.90 bits per heavy atom. The second-order valence-corrected chi connectivity index (χ2v) is 8.22. The third kappa shape index (κ3) is 4.00. The Hall–Kier alpha value is -2.80. The van der Waals surface area contributed by atoms with Crippen molar-refractivity contribution in [1.82, 2.24) is 15.1 Å². The third-order valence-corrected chi connectivity index (χ3v) is 5.76. The number of hydrogen-bond acceptors (Lipinski definition) is 4. The van der Waals surface area contributed by atoms with E-state index in [9.17, 15) is 4.79 Å². The number of fused-ring (bicyclic) bond motifs is 1. The summed E-state index contributed by atoms with van der Waals surface area (Å²) in [5.74, 6) is 1.37. The van der Waals surface area contributed by atoms with Gasteiger partial charge in [-0.1, -0.05) is 40.2 Å². The summed E-state index contributed by atoms with van der Waals surface area (Å²) >= 11 is 3.51. The number of carbonyl (C=O) groups is 1. The average molecular weight is 456 g/mol. The second kappa shape index (κ2) is 7.91. The van der Waals surface area contributed by atoms with Crippen molar-refractivity contribution >= 4 is 21.8 Å². The first kappa shape index (κ1) is 19.5. The van der Waals surface area contributed by atoms with Crippen LogP contribution in [0.3, 0.4) is 0 Å². The number of hydrogen-bond donors (Lipinski definition) is 1. The van der Waals surface area contributed by atoms with Gasteiger partial charge in [0.25, 0.3) is 0 Å². The molecule has 0 radical (unpaired) electrons. The Labute approximate surface area is 178 Å². The van der Waals surface area contributed by atoms with Gasteiger partial charge in [-0.25, -0.2) is 0 Å². The quantitative estimate of drug-likeness (QED) is 0.627. The van der Waals surface area contributed by atoms with Gasteiger partial charge < -0.3 is 14.8 Å². The predicted octanol–water partition coefficient (Wildman–Crippen LogP) is 4.14. The fraction of sp³-hybridized carbons (Fsp3) is 0.273. The summed E-state index contributed by atoms with van der Waals surface area (Å²) in [6.07, 6.45) is 3.64. The summed E-state index contributed by atoms with van der Waals surface area (Å²) in [4.78, 5) is 12.9. The molecule has 0 aliphatic carbocycles. The molecule has 1 aliphatic heterocycles. The Kier molecular flexibility index (Phi) is 5.32. The number of ether oxygens (including phenoxy) is 2. The number of benzene rings is 2. The van der Waals surface area contributed by atoms with Crippen molar-refractivity contribution in [3.05, 3.63) is 64.9 Å². The molecule has 3 aromatic rings. The van der Waals surface area contributed by atoms with E-state index < -0.39 is 5.54 Å². The molecule has 2 heterocycles. The number of rotatable bonds is 5. The molecule has 7 heteroatoms. The minimum Gasteiger partial charge on any atom is -0.486 e. The second-order valence-electron chi connectivity index (χ2n) is 7.37. The van der Waals surface area contributed by atoms with E-state index in [0.717, 1.165) is 32.7 Å². The van der Waals surface area contributed by atoms with Crippen LogP contribution in [0.25, 0.3) is 11.1 Å². The zero-order valence-electron chi connectivity index (χ0n) is 16.3. The zero-order chi connectivity index (χ0) is 20.4. The standard InChI is InChI=1S/C22H22BrN3O3/c1-22(2,21(27)24-12-16-5-3-4-6-18(16)23)26-14-17(13-25-26)15-7-8-19-20(11-15)29-10-9-28-19/h3-8,11,13-14H,9-10,12H2,1-2H3,(H,24,27). The minimum atomic E-state index is -0.840. The van der Waals surface area contributed by atoms with Crippen LogP contribution in [0.15, 0.2) is 59.3 Å². The normalized spacial score (nSPS) is 13.2. The maximum Gasteiger partial charge on any atom is 0.247 e. The number of carbonyl (C=O) groups excluding carboxylic acids is 1. The van der Waals surface area contributed by atoms with Crippen LogP contribution in [0.2, 0.25) is 0 Å². The van der Waals surface area contributed by atoms with Crippen LogP contribution in [-0.4, -0.2) is 28.9 Å². The highest BCUT2D eigenvalue weighted by Gasteiger charge is 2.30. The fourth-order valence-corrected chi connectivity index (χ4v) is 3.56. The van der Waals surface area contributed by atoms with E-state index in [1.165, 1.54) is 0 Å². The topological polar surface area (TPSA) is 65.4 Å². The first-order chi connectivity index (χ1) is 13.9. The Balaban J connectivity index is 1.50. The maximum atomic E-state index is 12.9. The van der Waals surface area contributed by atoms with Gasteiger partial charge in [0.2, 0.25) is 5.91 Å². The van der Waals surface area contributed by atoms with E-state index in [-0.39, 0.29) is 5.91 Å². The summed E-state index contributed by atoms with van der Waals surface area (Å²) < 4.78 is 13.9. The molecule has 0 atom stereocenters. The monoisotopic (exact) mass is 455 g/mol. The predicted molar refractivity (Wildman–Crippen MR) is 114 cm³/mol. The van der Waals surface area contributed by atoms with Crippen LogP contribution in [0.1, 0.15) is 19.4 Å². The van der Waals surface area contributed by atoms with Crippen molar-refractivity contribution < 1.29 is 14.3 Å². The molecule has 1 aromatic heterocycles. The van der Waals surface area contributed by atoms with Gasteiger partial charge in [0, 0.05) is 22.8 Å². The zero-order valence-corrected chi connectivity index (χ0v) is 17.9. The summed E-state index contributed by atoms with van der Waals surface area (Å²) in [6.45, 7) is 5.25. The van der Waals surface area contributed by atoms with E-state index in [2.05, 4.69) is 26.3 Å². The molecule has 0 saturated heterocycles. The van der Waals surface area contributed by atoms with Crippen LogP contribution in [0, 0.1) is 0 Å². The van der Waals surface area contributed by atoms with E-state index in [4.69, 9.17) is 9.47 Å². The first-order valence-corrected chi connectivity index (χ1v) is 10.2. The number of amides is 1. The lowest BCUT2D eigenvalue weighted by Crippen LogP contribution is -2.44. The van der Waals surface area contributed by atoms with E-state index in [1.807, 2.05) is 62.5 Å². The number of nitrogens with zero attached hydrogens (tertiary/aromatic N) is 2. The van der Waals surface area contributed by atoms with Gasteiger partial charge >= 0.3 is 0 Å². The van der Waals surface area contributed by atoms with Gasteiger partial charge in [0.15, 0.2) is 11.5 Å². The molecule has 0 fully saturated rings. The van der Waals surface area contributed by atoms with Crippen LogP contribution < -0.4 is 14.8 Å². The number of nitrogens with one attached hydrogen (secondary N) is 1. The first-order valence-electron chi connectivity index (χ1n) is 9.42. The van der Waals surface area contributed by atoms with Crippen molar-refractivity contribution in [1.29, 1.82) is 0 Å². The molecular weight excluding hydrogens is 434 g/mol. The number of aromatic nitrogens is 2. The van der Waals surface area contributed by atoms with Gasteiger partial charge in [-0.3, -0.25) is 9.48 Å². The van der Waals surface area contributed by atoms with Crippen molar-refractivity contribution in [2.75, 3.05) is 13.2 Å². The van der Waals surface area contributed by atoms with Crippen LogP contribution in [-0.2, 0) is 16.9 Å². The van der Waals surface area contributed by atoms with Gasteiger partial charge in [0.05, 0.1) is 6.20 Å². The van der Waals surface area contributed by atoms with Gasteiger partial charge in [-0.15, -0.1) is 0 Å². The van der Waals surface area contributed by atoms with Crippen LogP contribution >= 0.6 is 15.9 Å². The fourth-order valence-electron chi connectivity index (χ4n) is 3.14. The van der Waals surface area contributed by atoms with Crippen molar-refractivity contribution in [2.45, 2.75) is 25.9 Å². The van der Waals surface area contributed by atoms with Gasteiger partial charge in [0.1, 0.15) is 18.8 Å². The molecule has 6 nitrogen and oxygen atoms in total. The summed E-state index contributed by atoms with van der Waals surface area (Å²) in [6, 6.07) is 13.6. The molecule has 1 N–H and O–H groups in total. The lowest BCUT2D eigenvalue weighted by Gasteiger charge is -2.24. The van der Waals surface area contributed by atoms with E-state index in [0.29, 0.717) is 19.8 Å². The van der Waals surface area contributed by atoms with Crippen LogP contribution in [0.5, 0.6) is 11.5 Å². The summed E-state index contributed by atoms with van der Waals surface area (Å²) in [5.41, 5.74) is 2.06. The molecule has 4 rings (SSSR count). The largest absolute Gasteiger partial charge is 0.486 e. The molecule has 150 valence electrons. The summed E-state index contributed by atoms with van der Waals surface area (Å²) in [7, 11) is 0. The third-order valence-electron chi connectivity index (χ3n) is 4.98. The Bertz CT molecular complexity index is 1050. The van der Waals surface area contributed by atoms with Gasteiger partial charge in [-0.05, 0) is 43.2 Å². The van der Waals surface area contributed by atoms with Gasteiger partial charge in [-0.2, -0.15) is 5.10 Å². The molecule has 1 aliphatic rings. The number of halogens is 1. The highest BCUT2D eigenvalue weighted by molar-refractivity contribution is 9.10. The average Bonchev–Trinajstić information content (AvgIpc) is 3.24. The Morgan fingerprint density at radius 1 is 1.14 bits per heavy atom. The molecule has 0 saturated carbocycles. The smallest absolute Gasteiger partial charge is 0.247 e. The highest BCUT2D eigenvalue weighted by atomic mass is 79.9. The van der Waals surface area contributed by atoms with E-state index in [1.54, 1.807) is 10.9 Å².